The molecule has 101 valence electrons. The number of nitrogens with zero attached hydrogens (tertiary/aromatic N) is 2. The van der Waals surface area contributed by atoms with Gasteiger partial charge in [-0.2, -0.15) is 17.7 Å². The third-order valence-electron chi connectivity index (χ3n) is 3.41. The van der Waals surface area contributed by atoms with Crippen LogP contribution in [0.5, 0.6) is 0 Å². The molecule has 6 heteroatoms. The molecule has 4 nitrogen and oxygen atoms in total. The van der Waals surface area contributed by atoms with E-state index in [4.69, 9.17) is 9.76 Å². The van der Waals surface area contributed by atoms with Crippen LogP contribution < -0.4 is 5.46 Å². The largest absolute Gasteiger partial charge is 0.428 e. The van der Waals surface area contributed by atoms with Crippen LogP contribution in [0.3, 0.4) is 0 Å². The summed E-state index contributed by atoms with van der Waals surface area (Å²) in [4.78, 5) is 0. The number of hydrogen-bond acceptors (Lipinski definition) is 4. The van der Waals surface area contributed by atoms with E-state index in [1.54, 1.807) is 18.4 Å². The van der Waals surface area contributed by atoms with Crippen LogP contribution in [0.15, 0.2) is 6.20 Å². The van der Waals surface area contributed by atoms with Crippen LogP contribution in [0.2, 0.25) is 0 Å². The molecule has 0 aliphatic carbocycles. The first-order valence-electron chi connectivity index (χ1n) is 6.06. The summed E-state index contributed by atoms with van der Waals surface area (Å²) < 4.78 is 7.34. The summed E-state index contributed by atoms with van der Waals surface area (Å²) in [6.45, 7) is 10.6. The molecule has 0 bridgehead atoms. The van der Waals surface area contributed by atoms with Crippen molar-refractivity contribution < 1.29 is 9.76 Å². The van der Waals surface area contributed by atoms with E-state index in [-0.39, 0.29) is 17.0 Å². The van der Waals surface area contributed by atoms with Crippen LogP contribution in [0.1, 0.15) is 33.4 Å². The Morgan fingerprint density at radius 1 is 1.44 bits per heavy atom. The number of thiol groups is 1. The molecule has 0 aliphatic heterocycles. The lowest BCUT2D eigenvalue weighted by Gasteiger charge is -2.38. The highest BCUT2D eigenvalue weighted by atomic mass is 32.1. The van der Waals surface area contributed by atoms with Crippen LogP contribution in [0.25, 0.3) is 0 Å². The van der Waals surface area contributed by atoms with E-state index in [9.17, 15) is 0 Å². The lowest BCUT2D eigenvalue weighted by atomic mass is 9.84. The molecule has 0 amide bonds. The Balaban J connectivity index is 2.70. The second-order valence-electron chi connectivity index (χ2n) is 5.44. The predicted molar refractivity (Wildman–Crippen MR) is 77.7 cm³/mol. The van der Waals surface area contributed by atoms with Gasteiger partial charge in [-0.3, -0.25) is 4.68 Å². The van der Waals surface area contributed by atoms with E-state index < -0.39 is 0 Å². The van der Waals surface area contributed by atoms with Gasteiger partial charge < -0.3 is 9.76 Å². The van der Waals surface area contributed by atoms with Gasteiger partial charge in [-0.1, -0.05) is 0 Å². The van der Waals surface area contributed by atoms with E-state index in [0.29, 0.717) is 6.54 Å². The van der Waals surface area contributed by atoms with Crippen molar-refractivity contribution in [1.29, 1.82) is 0 Å². The average Bonchev–Trinajstić information content (AvgIpc) is 2.57. The molecule has 0 aliphatic rings. The topological polar surface area (TPSA) is 47.3 Å². The fourth-order valence-electron chi connectivity index (χ4n) is 1.25. The Labute approximate surface area is 115 Å². The van der Waals surface area contributed by atoms with Gasteiger partial charge in [0.05, 0.1) is 18.8 Å². The molecule has 1 heterocycles. The lowest BCUT2D eigenvalue weighted by molar-refractivity contribution is 0.0854. The number of rotatable bonds is 6. The van der Waals surface area contributed by atoms with E-state index in [0.717, 1.165) is 11.2 Å². The number of aliphatic hydroxyl groups excluding tert-OH is 1. The van der Waals surface area contributed by atoms with Crippen molar-refractivity contribution in [3.05, 3.63) is 11.9 Å². The molecule has 1 aromatic heterocycles. The van der Waals surface area contributed by atoms with E-state index >= 15 is 0 Å². The SMILES string of the molecule is Cc1c([B]OC(C)(C)C(C)(C)S)cnn1CCO. The Hall–Kier alpha value is -0.455. The minimum absolute atomic E-state index is 0.0813. The summed E-state index contributed by atoms with van der Waals surface area (Å²) in [6.07, 6.45) is 1.74. The summed E-state index contributed by atoms with van der Waals surface area (Å²) in [7, 11) is 1.72. The standard InChI is InChI=1S/C12H22BN2O2S/c1-9-10(8-14-15(9)6-7-16)13-17-11(2,3)12(4,5)18/h8,16,18H,6-7H2,1-5H3. The van der Waals surface area contributed by atoms with Crippen LogP contribution in [-0.4, -0.2) is 39.3 Å². The molecule has 0 aromatic carbocycles. The second kappa shape index (κ2) is 5.67. The van der Waals surface area contributed by atoms with Gasteiger partial charge in [0.25, 0.3) is 0 Å². The van der Waals surface area contributed by atoms with E-state index in [2.05, 4.69) is 17.7 Å². The maximum atomic E-state index is 8.91. The molecule has 0 atom stereocenters. The van der Waals surface area contributed by atoms with Crippen molar-refractivity contribution in [2.45, 2.75) is 51.5 Å². The van der Waals surface area contributed by atoms with Gasteiger partial charge in [0.15, 0.2) is 0 Å². The number of hydrogen-bond donors (Lipinski definition) is 2. The summed E-state index contributed by atoms with van der Waals surface area (Å²) >= 11 is 4.55. The first kappa shape index (κ1) is 15.6. The quantitative estimate of drug-likeness (QED) is 0.596. The monoisotopic (exact) mass is 269 g/mol. The maximum absolute atomic E-state index is 8.91. The normalized spacial score (nSPS) is 12.8. The first-order chi connectivity index (χ1) is 8.19. The highest BCUT2D eigenvalue weighted by Gasteiger charge is 2.34. The lowest BCUT2D eigenvalue weighted by Crippen LogP contribution is -2.45. The van der Waals surface area contributed by atoms with Gasteiger partial charge in [0.2, 0.25) is 0 Å². The Morgan fingerprint density at radius 3 is 2.56 bits per heavy atom. The highest BCUT2D eigenvalue weighted by molar-refractivity contribution is 7.81. The van der Waals surface area contributed by atoms with Crippen molar-refractivity contribution in [1.82, 2.24) is 9.78 Å². The van der Waals surface area contributed by atoms with Crippen LogP contribution in [0.4, 0.5) is 0 Å². The minimum atomic E-state index is -0.387. The molecule has 0 spiro atoms. The summed E-state index contributed by atoms with van der Waals surface area (Å²) in [5, 5.41) is 13.1. The molecule has 1 N–H and O–H groups in total. The predicted octanol–water partition coefficient (Wildman–Crippen LogP) is 0.932. The fourth-order valence-corrected chi connectivity index (χ4v) is 1.30. The highest BCUT2D eigenvalue weighted by Crippen LogP contribution is 2.30. The van der Waals surface area contributed by atoms with Crippen molar-refractivity contribution >= 4 is 25.6 Å². The molecular weight excluding hydrogens is 247 g/mol. The molecule has 1 rings (SSSR count). The fraction of sp³-hybridized carbons (Fsp3) is 0.750. The minimum Gasteiger partial charge on any atom is -0.428 e. The van der Waals surface area contributed by atoms with Gasteiger partial charge in [-0.15, -0.1) is 0 Å². The number of aromatic nitrogens is 2. The zero-order valence-corrected chi connectivity index (χ0v) is 12.7. The van der Waals surface area contributed by atoms with Crippen molar-refractivity contribution in [3.8, 4) is 0 Å². The van der Waals surface area contributed by atoms with E-state index in [1.807, 2.05) is 34.6 Å². The average molecular weight is 269 g/mol. The van der Waals surface area contributed by atoms with Gasteiger partial charge in [-0.25, -0.2) is 0 Å². The Kier molecular flexibility index (Phi) is 4.92. The zero-order valence-electron chi connectivity index (χ0n) is 11.8. The van der Waals surface area contributed by atoms with Crippen LogP contribution >= 0.6 is 12.6 Å². The summed E-state index contributed by atoms with van der Waals surface area (Å²) in [6, 6.07) is 0. The molecule has 1 radical (unpaired) electrons. The van der Waals surface area contributed by atoms with Gasteiger partial charge in [0.1, 0.15) is 0 Å². The molecule has 0 saturated carbocycles. The first-order valence-corrected chi connectivity index (χ1v) is 6.50. The third-order valence-corrected chi connectivity index (χ3v) is 3.95. The molecule has 18 heavy (non-hydrogen) atoms. The smallest absolute Gasteiger partial charge is 0.334 e. The molecule has 0 fully saturated rings. The van der Waals surface area contributed by atoms with Gasteiger partial charge in [0, 0.05) is 16.6 Å². The van der Waals surface area contributed by atoms with Crippen molar-refractivity contribution in [2.75, 3.05) is 6.61 Å². The van der Waals surface area contributed by atoms with Gasteiger partial charge >= 0.3 is 7.48 Å². The molecule has 0 unspecified atom stereocenters. The van der Waals surface area contributed by atoms with Crippen molar-refractivity contribution in [2.24, 2.45) is 0 Å². The third kappa shape index (κ3) is 3.52. The van der Waals surface area contributed by atoms with Crippen molar-refractivity contribution in [3.63, 3.8) is 0 Å². The van der Waals surface area contributed by atoms with Crippen LogP contribution in [0, 0.1) is 6.92 Å². The Morgan fingerprint density at radius 2 is 2.06 bits per heavy atom. The molecular formula is C12H22BN2O2S. The molecule has 0 saturated heterocycles. The van der Waals surface area contributed by atoms with Crippen LogP contribution in [-0.2, 0) is 11.2 Å². The van der Waals surface area contributed by atoms with E-state index in [1.165, 1.54) is 0 Å². The Bertz CT molecular complexity index is 399. The molecule has 1 aromatic rings. The summed E-state index contributed by atoms with van der Waals surface area (Å²) in [5.41, 5.74) is 1.52. The maximum Gasteiger partial charge on any atom is 0.334 e. The second-order valence-corrected chi connectivity index (χ2v) is 6.56. The zero-order chi connectivity index (χ0) is 14.0. The van der Waals surface area contributed by atoms with Gasteiger partial charge in [-0.05, 0) is 40.1 Å². The number of aliphatic hydroxyl groups is 1. The summed E-state index contributed by atoms with van der Waals surface area (Å²) in [5.74, 6) is 0.